The van der Waals surface area contributed by atoms with Gasteiger partial charge in [0.1, 0.15) is 30.1 Å². The Bertz CT molecular complexity index is 1240. The van der Waals surface area contributed by atoms with Crippen LogP contribution < -0.4 is 11.1 Å². The number of esters is 3. The average Bonchev–Trinajstić information content (AvgIpc) is 3.47. The number of hydrogen-bond donors (Lipinski definition) is 2. The van der Waals surface area contributed by atoms with Crippen molar-refractivity contribution in [2.45, 2.75) is 77.4 Å². The molecule has 0 unspecified atom stereocenters. The van der Waals surface area contributed by atoms with E-state index in [1.807, 2.05) is 19.9 Å². The van der Waals surface area contributed by atoms with E-state index in [1.165, 1.54) is 17.8 Å². The minimum absolute atomic E-state index is 0.151. The first-order valence-corrected chi connectivity index (χ1v) is 13.1. The molecule has 1 saturated heterocycles. The molecule has 0 bridgehead atoms. The van der Waals surface area contributed by atoms with Gasteiger partial charge in [-0.05, 0) is 25.0 Å². The monoisotopic (exact) mass is 560 g/mol. The van der Waals surface area contributed by atoms with E-state index in [0.717, 1.165) is 19.8 Å². The molecule has 14 heteroatoms. The molecule has 0 spiro atoms. The van der Waals surface area contributed by atoms with Crippen molar-refractivity contribution in [3.63, 3.8) is 0 Å². The van der Waals surface area contributed by atoms with E-state index in [4.69, 9.17) is 29.4 Å². The lowest BCUT2D eigenvalue weighted by Gasteiger charge is -2.28. The molecule has 40 heavy (non-hydrogen) atoms. The van der Waals surface area contributed by atoms with Crippen molar-refractivity contribution in [1.82, 2.24) is 19.9 Å². The van der Waals surface area contributed by atoms with Gasteiger partial charge in [-0.25, -0.2) is 9.50 Å². The standard InChI is InChI=1S/C26H36N6O8/c1-6-18(7-2)10-37-25(35)15(3)30-14-36-12-26(11-27)23(39-17(5)34)22(38-16(4)33)21(40-26)19-8-9-20-24(28)29-13-31-32(19)20/h8-9,13,15,18,21-23,30H,6-7,10,12,14H2,1-5H3,(H2,28,29,31)/t15-,21-,22-,23-,26+/m0/s1. The zero-order valence-corrected chi connectivity index (χ0v) is 23.3. The Morgan fingerprint density at radius 3 is 2.55 bits per heavy atom. The maximum atomic E-state index is 12.3. The summed E-state index contributed by atoms with van der Waals surface area (Å²) >= 11 is 0. The molecular formula is C26H36N6O8. The van der Waals surface area contributed by atoms with Crippen LogP contribution in [0.2, 0.25) is 0 Å². The van der Waals surface area contributed by atoms with E-state index in [-0.39, 0.29) is 12.5 Å². The molecule has 0 aromatic carbocycles. The number of ether oxygens (including phenoxy) is 5. The number of nitriles is 1. The summed E-state index contributed by atoms with van der Waals surface area (Å²) in [6, 6.07) is 4.65. The number of nitrogens with two attached hydrogens (primary N) is 1. The fourth-order valence-electron chi connectivity index (χ4n) is 4.42. The SMILES string of the molecule is CCC(CC)COC(=O)[C@H](C)NCOC[C@@]1(C#N)O[C@@H](c2ccc3c(N)ncnn23)[C@H](OC(C)=O)[C@@H]1OC(C)=O. The van der Waals surface area contributed by atoms with Crippen LogP contribution in [0.15, 0.2) is 18.5 Å². The van der Waals surface area contributed by atoms with Crippen molar-refractivity contribution in [2.75, 3.05) is 25.7 Å². The van der Waals surface area contributed by atoms with Gasteiger partial charge in [0.2, 0.25) is 5.60 Å². The van der Waals surface area contributed by atoms with E-state index in [0.29, 0.717) is 23.7 Å². The largest absolute Gasteiger partial charge is 0.464 e. The van der Waals surface area contributed by atoms with Crippen molar-refractivity contribution in [1.29, 1.82) is 5.26 Å². The number of nitrogens with one attached hydrogen (secondary N) is 1. The fraction of sp³-hybridized carbons (Fsp3) is 0.615. The zero-order chi connectivity index (χ0) is 29.4. The molecule has 1 aliphatic heterocycles. The van der Waals surface area contributed by atoms with E-state index >= 15 is 0 Å². The molecule has 1 fully saturated rings. The van der Waals surface area contributed by atoms with Crippen LogP contribution in [0.1, 0.15) is 59.3 Å². The van der Waals surface area contributed by atoms with E-state index in [9.17, 15) is 19.6 Å². The Balaban J connectivity index is 1.79. The predicted octanol–water partition coefficient (Wildman–Crippen LogP) is 1.44. The molecule has 0 saturated carbocycles. The highest BCUT2D eigenvalue weighted by molar-refractivity contribution is 5.75. The second-order valence-electron chi connectivity index (χ2n) is 9.58. The second kappa shape index (κ2) is 13.5. The molecule has 218 valence electrons. The highest BCUT2D eigenvalue weighted by Gasteiger charge is 2.61. The second-order valence-corrected chi connectivity index (χ2v) is 9.58. The Labute approximate surface area is 232 Å². The van der Waals surface area contributed by atoms with Crippen LogP contribution in [-0.2, 0) is 38.1 Å². The molecule has 2 aromatic rings. The molecule has 1 aliphatic rings. The summed E-state index contributed by atoms with van der Waals surface area (Å²) in [6.07, 6.45) is -0.595. The lowest BCUT2D eigenvalue weighted by molar-refractivity contribution is -0.168. The van der Waals surface area contributed by atoms with E-state index in [2.05, 4.69) is 15.4 Å². The first kappa shape index (κ1) is 30.7. The van der Waals surface area contributed by atoms with Gasteiger partial charge in [0.25, 0.3) is 0 Å². The number of carbonyl (C=O) groups excluding carboxylic acids is 3. The van der Waals surface area contributed by atoms with Gasteiger partial charge in [-0.1, -0.05) is 26.7 Å². The van der Waals surface area contributed by atoms with Gasteiger partial charge >= 0.3 is 17.9 Å². The lowest BCUT2D eigenvalue weighted by atomic mass is 9.95. The fourth-order valence-corrected chi connectivity index (χ4v) is 4.42. The van der Waals surface area contributed by atoms with Gasteiger partial charge in [-0.15, -0.1) is 0 Å². The van der Waals surface area contributed by atoms with Crippen molar-refractivity contribution < 1.29 is 38.1 Å². The van der Waals surface area contributed by atoms with Crippen molar-refractivity contribution in [3.05, 3.63) is 24.2 Å². The number of hydrogen-bond acceptors (Lipinski definition) is 13. The number of nitrogens with zero attached hydrogens (tertiary/aromatic N) is 4. The van der Waals surface area contributed by atoms with Crippen LogP contribution in [0.3, 0.4) is 0 Å². The lowest BCUT2D eigenvalue weighted by Crippen LogP contribution is -2.50. The summed E-state index contributed by atoms with van der Waals surface area (Å²) in [4.78, 5) is 40.4. The number of carbonyl (C=O) groups is 3. The van der Waals surface area contributed by atoms with Gasteiger partial charge < -0.3 is 29.4 Å². The molecule has 5 atom stereocenters. The number of nitrogen functional groups attached to an aromatic ring is 1. The molecule has 0 radical (unpaired) electrons. The highest BCUT2D eigenvalue weighted by Crippen LogP contribution is 2.44. The average molecular weight is 561 g/mol. The third-order valence-electron chi connectivity index (χ3n) is 6.76. The summed E-state index contributed by atoms with van der Waals surface area (Å²) in [5.74, 6) is -1.34. The number of rotatable bonds is 13. The number of anilines is 1. The smallest absolute Gasteiger partial charge is 0.322 e. The van der Waals surface area contributed by atoms with Crippen molar-refractivity contribution in [2.24, 2.45) is 5.92 Å². The maximum absolute atomic E-state index is 12.3. The van der Waals surface area contributed by atoms with E-state index in [1.54, 1.807) is 19.1 Å². The molecule has 3 N–H and O–H groups in total. The first-order chi connectivity index (χ1) is 19.1. The Morgan fingerprint density at radius 2 is 1.93 bits per heavy atom. The van der Waals surface area contributed by atoms with Gasteiger partial charge in [0.05, 0.1) is 25.6 Å². The number of fused-ring (bicyclic) bond motifs is 1. The molecular weight excluding hydrogens is 524 g/mol. The van der Waals surface area contributed by atoms with Gasteiger partial charge in [0.15, 0.2) is 18.0 Å². The highest BCUT2D eigenvalue weighted by atomic mass is 16.7. The Morgan fingerprint density at radius 1 is 1.23 bits per heavy atom. The van der Waals surface area contributed by atoms with Crippen LogP contribution in [0.25, 0.3) is 5.52 Å². The molecule has 2 aromatic heterocycles. The number of aromatic nitrogens is 3. The normalized spacial score (nSPS) is 23.1. The summed E-state index contributed by atoms with van der Waals surface area (Å²) < 4.78 is 29.7. The van der Waals surface area contributed by atoms with Gasteiger partial charge in [-0.3, -0.25) is 19.7 Å². The van der Waals surface area contributed by atoms with E-state index < -0.39 is 54.5 Å². The zero-order valence-electron chi connectivity index (χ0n) is 23.3. The maximum Gasteiger partial charge on any atom is 0.322 e. The van der Waals surface area contributed by atoms with Gasteiger partial charge in [-0.2, -0.15) is 10.4 Å². The van der Waals surface area contributed by atoms with Crippen LogP contribution in [0.5, 0.6) is 0 Å². The minimum Gasteiger partial charge on any atom is -0.464 e. The van der Waals surface area contributed by atoms with Crippen LogP contribution in [-0.4, -0.2) is 76.3 Å². The van der Waals surface area contributed by atoms with Gasteiger partial charge in [0, 0.05) is 13.8 Å². The van der Waals surface area contributed by atoms with Crippen molar-refractivity contribution >= 4 is 29.2 Å². The molecule has 3 rings (SSSR count). The Kier molecular flexibility index (Phi) is 10.4. The summed E-state index contributed by atoms with van der Waals surface area (Å²) in [6.45, 7) is 7.85. The summed E-state index contributed by atoms with van der Waals surface area (Å²) in [5.41, 5.74) is 4.93. The Hall–Kier alpha value is -3.80. The summed E-state index contributed by atoms with van der Waals surface area (Å²) in [5, 5.41) is 17.3. The molecule has 14 nitrogen and oxygen atoms in total. The van der Waals surface area contributed by atoms with Crippen LogP contribution >= 0.6 is 0 Å². The first-order valence-electron chi connectivity index (χ1n) is 13.1. The predicted molar refractivity (Wildman–Crippen MR) is 139 cm³/mol. The summed E-state index contributed by atoms with van der Waals surface area (Å²) in [7, 11) is 0. The minimum atomic E-state index is -1.87. The molecule has 0 aliphatic carbocycles. The third kappa shape index (κ3) is 6.85. The topological polar surface area (TPSA) is 189 Å². The third-order valence-corrected chi connectivity index (χ3v) is 6.76. The van der Waals surface area contributed by atoms with Crippen LogP contribution in [0.4, 0.5) is 5.82 Å². The molecule has 3 heterocycles. The quantitative estimate of drug-likeness (QED) is 0.155. The van der Waals surface area contributed by atoms with Crippen molar-refractivity contribution in [3.8, 4) is 6.07 Å². The van der Waals surface area contributed by atoms with Crippen LogP contribution in [0, 0.1) is 17.2 Å². The molecule has 0 amide bonds.